The van der Waals surface area contributed by atoms with Crippen molar-refractivity contribution in [1.29, 1.82) is 0 Å². The van der Waals surface area contributed by atoms with Gasteiger partial charge in [-0.25, -0.2) is 0 Å². The summed E-state index contributed by atoms with van der Waals surface area (Å²) in [4.78, 5) is 2.55. The molecule has 0 radical (unpaired) electrons. The molecule has 1 aliphatic heterocycles. The summed E-state index contributed by atoms with van der Waals surface area (Å²) in [6.45, 7) is 4.70. The van der Waals surface area contributed by atoms with Crippen molar-refractivity contribution in [3.8, 4) is 0 Å². The van der Waals surface area contributed by atoms with Crippen molar-refractivity contribution < 1.29 is 0 Å². The van der Waals surface area contributed by atoms with Gasteiger partial charge >= 0.3 is 0 Å². The molecule has 0 atom stereocenters. The van der Waals surface area contributed by atoms with Gasteiger partial charge < -0.3 is 4.90 Å². The Morgan fingerprint density at radius 1 is 0.882 bits per heavy atom. The van der Waals surface area contributed by atoms with Crippen LogP contribution in [0.4, 0.5) is 5.69 Å². The molecule has 1 heteroatoms. The largest absolute Gasteiger partial charge is 0.371 e. The minimum atomic E-state index is 1.22. The van der Waals surface area contributed by atoms with Gasteiger partial charge in [0.15, 0.2) is 0 Å². The van der Waals surface area contributed by atoms with E-state index in [-0.39, 0.29) is 0 Å². The van der Waals surface area contributed by atoms with Crippen LogP contribution in [0.2, 0.25) is 0 Å². The second kappa shape index (κ2) is 4.40. The first-order valence-corrected chi connectivity index (χ1v) is 6.59. The van der Waals surface area contributed by atoms with Crippen molar-refractivity contribution in [3.05, 3.63) is 42.0 Å². The Labute approximate surface area is 103 Å². The van der Waals surface area contributed by atoms with Gasteiger partial charge in [0.05, 0.1) is 0 Å². The van der Waals surface area contributed by atoms with E-state index in [1.54, 1.807) is 0 Å². The molecule has 0 amide bonds. The second-order valence-electron chi connectivity index (χ2n) is 4.98. The molecular weight excluding hydrogens is 206 g/mol. The van der Waals surface area contributed by atoms with Crippen LogP contribution in [-0.4, -0.2) is 13.1 Å². The maximum atomic E-state index is 2.55. The topological polar surface area (TPSA) is 3.24 Å². The average Bonchev–Trinajstić information content (AvgIpc) is 2.40. The molecule has 0 N–H and O–H groups in total. The van der Waals surface area contributed by atoms with E-state index in [2.05, 4.69) is 48.2 Å². The highest BCUT2D eigenvalue weighted by atomic mass is 15.1. The van der Waals surface area contributed by atoms with Crippen molar-refractivity contribution in [2.75, 3.05) is 18.0 Å². The molecule has 3 rings (SSSR count). The van der Waals surface area contributed by atoms with Gasteiger partial charge in [0.1, 0.15) is 0 Å². The van der Waals surface area contributed by atoms with E-state index in [1.807, 2.05) is 0 Å². The zero-order valence-corrected chi connectivity index (χ0v) is 10.4. The lowest BCUT2D eigenvalue weighted by atomic mass is 10.0. The lowest BCUT2D eigenvalue weighted by Crippen LogP contribution is -2.29. The van der Waals surface area contributed by atoms with Gasteiger partial charge in [-0.15, -0.1) is 0 Å². The Hall–Kier alpha value is -1.50. The standard InChI is InChI=1S/C16H19N/c1-13-15-8-4-3-7-14(15)9-10-16(13)17-11-5-2-6-12-17/h3-4,7-10H,2,5-6,11-12H2,1H3. The number of benzene rings is 2. The summed E-state index contributed by atoms with van der Waals surface area (Å²) >= 11 is 0. The third-order valence-corrected chi connectivity index (χ3v) is 3.87. The van der Waals surface area contributed by atoms with Gasteiger partial charge in [0, 0.05) is 18.8 Å². The summed E-state index contributed by atoms with van der Waals surface area (Å²) in [5, 5.41) is 2.75. The Morgan fingerprint density at radius 3 is 2.47 bits per heavy atom. The number of nitrogens with zero attached hydrogens (tertiary/aromatic N) is 1. The minimum Gasteiger partial charge on any atom is -0.371 e. The molecule has 88 valence electrons. The predicted molar refractivity (Wildman–Crippen MR) is 74.7 cm³/mol. The Kier molecular flexibility index (Phi) is 2.76. The SMILES string of the molecule is Cc1c(N2CCCCC2)ccc2ccccc12. The molecular formula is C16H19N. The molecule has 1 aliphatic rings. The zero-order chi connectivity index (χ0) is 11.7. The van der Waals surface area contributed by atoms with E-state index in [4.69, 9.17) is 0 Å². The molecule has 0 aliphatic carbocycles. The van der Waals surface area contributed by atoms with Crippen LogP contribution in [0.25, 0.3) is 10.8 Å². The lowest BCUT2D eigenvalue weighted by Gasteiger charge is -2.30. The van der Waals surface area contributed by atoms with E-state index in [0.29, 0.717) is 0 Å². The van der Waals surface area contributed by atoms with Crippen LogP contribution in [-0.2, 0) is 0 Å². The summed E-state index contributed by atoms with van der Waals surface area (Å²) < 4.78 is 0. The number of hydrogen-bond acceptors (Lipinski definition) is 1. The summed E-state index contributed by atoms with van der Waals surface area (Å²) in [6, 6.07) is 13.2. The van der Waals surface area contributed by atoms with Crippen LogP contribution in [0.15, 0.2) is 36.4 Å². The number of anilines is 1. The van der Waals surface area contributed by atoms with Crippen molar-refractivity contribution in [2.45, 2.75) is 26.2 Å². The van der Waals surface area contributed by atoms with Crippen LogP contribution >= 0.6 is 0 Å². The second-order valence-corrected chi connectivity index (χ2v) is 4.98. The third kappa shape index (κ3) is 1.90. The van der Waals surface area contributed by atoms with Crippen LogP contribution in [0.3, 0.4) is 0 Å². The monoisotopic (exact) mass is 225 g/mol. The third-order valence-electron chi connectivity index (χ3n) is 3.87. The quantitative estimate of drug-likeness (QED) is 0.705. The fourth-order valence-corrected chi connectivity index (χ4v) is 2.89. The molecule has 0 spiro atoms. The van der Waals surface area contributed by atoms with Gasteiger partial charge in [0.2, 0.25) is 0 Å². The number of piperidine rings is 1. The molecule has 0 unspecified atom stereocenters. The molecule has 0 aromatic heterocycles. The normalized spacial score (nSPS) is 16.4. The minimum absolute atomic E-state index is 1.22. The van der Waals surface area contributed by atoms with Crippen LogP contribution in [0, 0.1) is 6.92 Å². The van der Waals surface area contributed by atoms with E-state index in [0.717, 1.165) is 0 Å². The fourth-order valence-electron chi connectivity index (χ4n) is 2.89. The molecule has 2 aromatic rings. The van der Waals surface area contributed by atoms with Gasteiger partial charge in [-0.2, -0.15) is 0 Å². The number of fused-ring (bicyclic) bond motifs is 1. The van der Waals surface area contributed by atoms with Gasteiger partial charge in [0.25, 0.3) is 0 Å². The molecule has 17 heavy (non-hydrogen) atoms. The summed E-state index contributed by atoms with van der Waals surface area (Å²) in [6.07, 6.45) is 4.07. The van der Waals surface area contributed by atoms with Crippen molar-refractivity contribution >= 4 is 16.5 Å². The first kappa shape index (κ1) is 10.6. The van der Waals surface area contributed by atoms with Crippen LogP contribution < -0.4 is 4.90 Å². The maximum Gasteiger partial charge on any atom is 0.0402 e. The van der Waals surface area contributed by atoms with Crippen LogP contribution in [0.1, 0.15) is 24.8 Å². The summed E-state index contributed by atoms with van der Waals surface area (Å²) in [7, 11) is 0. The molecule has 1 heterocycles. The molecule has 0 saturated carbocycles. The summed E-state index contributed by atoms with van der Waals surface area (Å²) in [5.74, 6) is 0. The Balaban J connectivity index is 2.07. The van der Waals surface area contributed by atoms with E-state index < -0.39 is 0 Å². The maximum absolute atomic E-state index is 2.55. The van der Waals surface area contributed by atoms with Crippen molar-refractivity contribution in [3.63, 3.8) is 0 Å². The predicted octanol–water partition coefficient (Wildman–Crippen LogP) is 4.14. The number of hydrogen-bond donors (Lipinski definition) is 0. The molecule has 1 nitrogen and oxygen atoms in total. The van der Waals surface area contributed by atoms with Gasteiger partial charge in [-0.3, -0.25) is 0 Å². The highest BCUT2D eigenvalue weighted by Crippen LogP contribution is 2.29. The van der Waals surface area contributed by atoms with E-state index in [1.165, 1.54) is 54.4 Å². The number of aryl methyl sites for hydroxylation is 1. The lowest BCUT2D eigenvalue weighted by molar-refractivity contribution is 0.577. The number of rotatable bonds is 1. The summed E-state index contributed by atoms with van der Waals surface area (Å²) in [5.41, 5.74) is 2.87. The first-order valence-electron chi connectivity index (χ1n) is 6.59. The Bertz CT molecular complexity index is 524. The van der Waals surface area contributed by atoms with E-state index >= 15 is 0 Å². The Morgan fingerprint density at radius 2 is 1.65 bits per heavy atom. The van der Waals surface area contributed by atoms with E-state index in [9.17, 15) is 0 Å². The molecule has 1 saturated heterocycles. The fraction of sp³-hybridized carbons (Fsp3) is 0.375. The average molecular weight is 225 g/mol. The molecule has 2 aromatic carbocycles. The highest BCUT2D eigenvalue weighted by molar-refractivity contribution is 5.90. The highest BCUT2D eigenvalue weighted by Gasteiger charge is 2.13. The smallest absolute Gasteiger partial charge is 0.0402 e. The zero-order valence-electron chi connectivity index (χ0n) is 10.4. The molecule has 0 bridgehead atoms. The molecule has 1 fully saturated rings. The first-order chi connectivity index (χ1) is 8.36. The van der Waals surface area contributed by atoms with Gasteiger partial charge in [-0.05, 0) is 48.6 Å². The van der Waals surface area contributed by atoms with Gasteiger partial charge in [-0.1, -0.05) is 30.3 Å². The van der Waals surface area contributed by atoms with Crippen molar-refractivity contribution in [2.24, 2.45) is 0 Å². The van der Waals surface area contributed by atoms with Crippen molar-refractivity contribution in [1.82, 2.24) is 0 Å². The van der Waals surface area contributed by atoms with Crippen LogP contribution in [0.5, 0.6) is 0 Å².